The number of fused-ring (bicyclic) bond motifs is 1. The monoisotopic (exact) mass is 211 g/mol. The summed E-state index contributed by atoms with van der Waals surface area (Å²) in [7, 11) is 0. The highest BCUT2D eigenvalue weighted by Crippen LogP contribution is 2.39. The lowest BCUT2D eigenvalue weighted by molar-refractivity contribution is -0.156. The quantitative estimate of drug-likeness (QED) is 0.540. The van der Waals surface area contributed by atoms with Gasteiger partial charge in [0.2, 0.25) is 5.91 Å². The Balaban J connectivity index is 2.11. The molecule has 84 valence electrons. The number of hydrogen-bond donors (Lipinski definition) is 1. The molecule has 1 aliphatic heterocycles. The first-order chi connectivity index (χ1) is 7.24. The number of piperidine rings is 1. The van der Waals surface area contributed by atoms with Gasteiger partial charge < -0.3 is 10.1 Å². The van der Waals surface area contributed by atoms with Crippen LogP contribution in [-0.4, -0.2) is 25.0 Å². The standard InChI is InChI=1S/C11H17NO3/c1-2-15-11(14)9-8-5-3-4-7(8)6-12-10(9)13/h7-9H,2-6H2,1H3,(H,12,13)/t7-,8+,9+/m1/s1. The second kappa shape index (κ2) is 4.21. The average Bonchev–Trinajstić information content (AvgIpc) is 2.65. The number of nitrogens with one attached hydrogen (secondary N) is 1. The largest absolute Gasteiger partial charge is 0.465 e. The van der Waals surface area contributed by atoms with Crippen molar-refractivity contribution in [1.29, 1.82) is 0 Å². The lowest BCUT2D eigenvalue weighted by Gasteiger charge is -2.31. The van der Waals surface area contributed by atoms with Gasteiger partial charge in [-0.1, -0.05) is 6.42 Å². The van der Waals surface area contributed by atoms with Gasteiger partial charge in [-0.05, 0) is 31.6 Å². The Bertz CT molecular complexity index is 277. The van der Waals surface area contributed by atoms with Crippen molar-refractivity contribution in [2.45, 2.75) is 26.2 Å². The SMILES string of the molecule is CCOC(=O)[C@@H]1C(=O)NC[C@H]2CCC[C@@H]21. The maximum Gasteiger partial charge on any atom is 0.318 e. The summed E-state index contributed by atoms with van der Waals surface area (Å²) in [6, 6.07) is 0. The van der Waals surface area contributed by atoms with Crippen molar-refractivity contribution in [3.63, 3.8) is 0 Å². The minimum Gasteiger partial charge on any atom is -0.465 e. The van der Waals surface area contributed by atoms with E-state index >= 15 is 0 Å². The molecule has 0 aromatic rings. The molecule has 1 amide bonds. The molecule has 1 saturated carbocycles. The summed E-state index contributed by atoms with van der Waals surface area (Å²) in [6.07, 6.45) is 3.24. The van der Waals surface area contributed by atoms with Crippen LogP contribution in [0, 0.1) is 17.8 Å². The molecule has 0 aromatic carbocycles. The number of carbonyl (C=O) groups excluding carboxylic acids is 2. The minimum atomic E-state index is -0.550. The van der Waals surface area contributed by atoms with E-state index in [-0.39, 0.29) is 17.8 Å². The summed E-state index contributed by atoms with van der Waals surface area (Å²) >= 11 is 0. The number of ether oxygens (including phenoxy) is 1. The summed E-state index contributed by atoms with van der Waals surface area (Å²) in [4.78, 5) is 23.3. The number of amides is 1. The number of rotatable bonds is 2. The van der Waals surface area contributed by atoms with E-state index in [2.05, 4.69) is 5.32 Å². The maximum absolute atomic E-state index is 11.7. The van der Waals surface area contributed by atoms with Gasteiger partial charge in [0.1, 0.15) is 5.92 Å². The first kappa shape index (κ1) is 10.5. The first-order valence-electron chi connectivity index (χ1n) is 5.68. The van der Waals surface area contributed by atoms with Gasteiger partial charge in [-0.3, -0.25) is 9.59 Å². The van der Waals surface area contributed by atoms with Gasteiger partial charge in [0.25, 0.3) is 0 Å². The summed E-state index contributed by atoms with van der Waals surface area (Å²) in [5, 5.41) is 2.80. The molecular weight excluding hydrogens is 194 g/mol. The zero-order valence-corrected chi connectivity index (χ0v) is 8.99. The summed E-state index contributed by atoms with van der Waals surface area (Å²) in [6.45, 7) is 2.85. The van der Waals surface area contributed by atoms with E-state index in [0.29, 0.717) is 12.5 Å². The highest BCUT2D eigenvalue weighted by Gasteiger charge is 2.45. The normalized spacial score (nSPS) is 34.5. The molecule has 0 spiro atoms. The predicted octanol–water partition coefficient (Wildman–Crippen LogP) is 0.712. The molecule has 15 heavy (non-hydrogen) atoms. The molecule has 1 heterocycles. The van der Waals surface area contributed by atoms with Crippen LogP contribution in [0.5, 0.6) is 0 Å². The van der Waals surface area contributed by atoms with Crippen molar-refractivity contribution < 1.29 is 14.3 Å². The second-order valence-electron chi connectivity index (χ2n) is 4.33. The molecule has 1 N–H and O–H groups in total. The molecule has 2 rings (SSSR count). The van der Waals surface area contributed by atoms with Gasteiger partial charge in [-0.15, -0.1) is 0 Å². The Hall–Kier alpha value is -1.06. The lowest BCUT2D eigenvalue weighted by Crippen LogP contribution is -2.49. The van der Waals surface area contributed by atoms with Gasteiger partial charge in [0, 0.05) is 6.54 Å². The van der Waals surface area contributed by atoms with Gasteiger partial charge in [-0.2, -0.15) is 0 Å². The Labute approximate surface area is 89.4 Å². The first-order valence-corrected chi connectivity index (χ1v) is 5.68. The molecule has 0 aromatic heterocycles. The number of esters is 1. The molecule has 1 saturated heterocycles. The molecule has 2 fully saturated rings. The highest BCUT2D eigenvalue weighted by atomic mass is 16.5. The lowest BCUT2D eigenvalue weighted by atomic mass is 9.80. The molecule has 4 nitrogen and oxygen atoms in total. The van der Waals surface area contributed by atoms with E-state index in [4.69, 9.17) is 4.74 Å². The van der Waals surface area contributed by atoms with Crippen molar-refractivity contribution in [2.24, 2.45) is 17.8 Å². The van der Waals surface area contributed by atoms with Gasteiger partial charge in [0.15, 0.2) is 0 Å². The van der Waals surface area contributed by atoms with Crippen molar-refractivity contribution in [3.8, 4) is 0 Å². The van der Waals surface area contributed by atoms with Gasteiger partial charge >= 0.3 is 5.97 Å². The third-order valence-electron chi connectivity index (χ3n) is 3.51. The fourth-order valence-corrected chi connectivity index (χ4v) is 2.81. The zero-order valence-electron chi connectivity index (χ0n) is 8.99. The van der Waals surface area contributed by atoms with Crippen LogP contribution in [0.25, 0.3) is 0 Å². The van der Waals surface area contributed by atoms with Crippen LogP contribution in [0.3, 0.4) is 0 Å². The molecule has 3 atom stereocenters. The third-order valence-corrected chi connectivity index (χ3v) is 3.51. The third kappa shape index (κ3) is 1.85. The van der Waals surface area contributed by atoms with Crippen molar-refractivity contribution in [1.82, 2.24) is 5.32 Å². The maximum atomic E-state index is 11.7. The predicted molar refractivity (Wildman–Crippen MR) is 54.0 cm³/mol. The average molecular weight is 211 g/mol. The van der Waals surface area contributed by atoms with Crippen molar-refractivity contribution >= 4 is 11.9 Å². The van der Waals surface area contributed by atoms with Crippen molar-refractivity contribution in [2.75, 3.05) is 13.2 Å². The number of hydrogen-bond acceptors (Lipinski definition) is 3. The molecule has 4 heteroatoms. The second-order valence-corrected chi connectivity index (χ2v) is 4.33. The Morgan fingerprint density at radius 3 is 3.07 bits per heavy atom. The molecule has 2 aliphatic rings. The van der Waals surface area contributed by atoms with E-state index in [1.54, 1.807) is 6.92 Å². The smallest absolute Gasteiger partial charge is 0.318 e. The zero-order chi connectivity index (χ0) is 10.8. The van der Waals surface area contributed by atoms with E-state index in [1.807, 2.05) is 0 Å². The number of carbonyl (C=O) groups is 2. The van der Waals surface area contributed by atoms with Crippen LogP contribution in [0.2, 0.25) is 0 Å². The van der Waals surface area contributed by atoms with Crippen LogP contribution in [0.4, 0.5) is 0 Å². The van der Waals surface area contributed by atoms with Crippen LogP contribution >= 0.6 is 0 Å². The van der Waals surface area contributed by atoms with E-state index in [0.717, 1.165) is 25.8 Å². The Kier molecular flexibility index (Phi) is 2.93. The van der Waals surface area contributed by atoms with Crippen LogP contribution in [0.1, 0.15) is 26.2 Å². The summed E-state index contributed by atoms with van der Waals surface area (Å²) < 4.78 is 4.96. The van der Waals surface area contributed by atoms with E-state index in [9.17, 15) is 9.59 Å². The summed E-state index contributed by atoms with van der Waals surface area (Å²) in [5.41, 5.74) is 0. The van der Waals surface area contributed by atoms with Crippen LogP contribution < -0.4 is 5.32 Å². The Morgan fingerprint density at radius 2 is 2.33 bits per heavy atom. The molecule has 0 bridgehead atoms. The molecule has 0 unspecified atom stereocenters. The minimum absolute atomic E-state index is 0.142. The van der Waals surface area contributed by atoms with Crippen molar-refractivity contribution in [3.05, 3.63) is 0 Å². The van der Waals surface area contributed by atoms with E-state index in [1.165, 1.54) is 0 Å². The molecule has 0 radical (unpaired) electrons. The molecular formula is C11H17NO3. The topological polar surface area (TPSA) is 55.4 Å². The summed E-state index contributed by atoms with van der Waals surface area (Å²) in [5.74, 6) is -0.329. The highest BCUT2D eigenvalue weighted by molar-refractivity contribution is 5.98. The van der Waals surface area contributed by atoms with Gasteiger partial charge in [-0.25, -0.2) is 0 Å². The van der Waals surface area contributed by atoms with Gasteiger partial charge in [0.05, 0.1) is 6.61 Å². The Morgan fingerprint density at radius 1 is 1.53 bits per heavy atom. The van der Waals surface area contributed by atoms with Crippen LogP contribution in [-0.2, 0) is 14.3 Å². The van der Waals surface area contributed by atoms with E-state index < -0.39 is 5.92 Å². The molecule has 1 aliphatic carbocycles. The fraction of sp³-hybridized carbons (Fsp3) is 0.818. The van der Waals surface area contributed by atoms with Crippen LogP contribution in [0.15, 0.2) is 0 Å². The fourth-order valence-electron chi connectivity index (χ4n) is 2.81.